The zero-order valence-corrected chi connectivity index (χ0v) is 14.6. The van der Waals surface area contributed by atoms with Crippen molar-refractivity contribution in [1.82, 2.24) is 4.98 Å². The van der Waals surface area contributed by atoms with Crippen LogP contribution >= 0.6 is 11.3 Å². The van der Waals surface area contributed by atoms with Crippen molar-refractivity contribution < 1.29 is 9.13 Å². The second kappa shape index (κ2) is 7.94. The summed E-state index contributed by atoms with van der Waals surface area (Å²) >= 11 is 1.35. The topological polar surface area (TPSA) is 72.5 Å². The minimum absolute atomic E-state index is 0.307. The molecule has 3 rings (SSSR count). The number of hydrazone groups is 1. The normalized spacial score (nSPS) is 11.3. The van der Waals surface area contributed by atoms with Gasteiger partial charge in [0.05, 0.1) is 12.8 Å². The van der Waals surface area contributed by atoms with Gasteiger partial charge in [0.25, 0.3) is 0 Å². The molecule has 0 bridgehead atoms. The van der Waals surface area contributed by atoms with Crippen LogP contribution < -0.4 is 15.9 Å². The first kappa shape index (κ1) is 17.2. The summed E-state index contributed by atoms with van der Waals surface area (Å²) in [5, 5.41) is 7.69. The van der Waals surface area contributed by atoms with Crippen LogP contribution in [0.5, 0.6) is 5.75 Å². The summed E-state index contributed by atoms with van der Waals surface area (Å²) < 4.78 is 20.3. The Kier molecular flexibility index (Phi) is 5.45. The first-order chi connectivity index (χ1) is 12.2. The molecule has 7 heteroatoms. The molecule has 25 heavy (non-hydrogen) atoms. The van der Waals surface area contributed by atoms with Crippen LogP contribution in [0.3, 0.4) is 0 Å². The lowest BCUT2D eigenvalue weighted by atomic mass is 10.0. The van der Waals surface area contributed by atoms with Gasteiger partial charge in [-0.2, -0.15) is 5.10 Å². The molecular formula is C18H19FN4OS. The first-order valence-electron chi connectivity index (χ1n) is 8.03. The molecule has 3 aromatic rings. The van der Waals surface area contributed by atoms with Gasteiger partial charge < -0.3 is 10.5 Å². The molecule has 0 fully saturated rings. The van der Waals surface area contributed by atoms with Crippen molar-refractivity contribution in [1.29, 1.82) is 0 Å². The number of nitrogens with two attached hydrogens (primary N) is 1. The highest BCUT2D eigenvalue weighted by Gasteiger charge is 2.12. The van der Waals surface area contributed by atoms with Crippen molar-refractivity contribution in [2.24, 2.45) is 5.10 Å². The summed E-state index contributed by atoms with van der Waals surface area (Å²) in [7, 11) is 0. The van der Waals surface area contributed by atoms with Crippen LogP contribution in [0, 0.1) is 5.82 Å². The molecule has 0 radical (unpaired) electrons. The highest BCUT2D eigenvalue weighted by Crippen LogP contribution is 2.31. The van der Waals surface area contributed by atoms with Gasteiger partial charge in [-0.05, 0) is 12.5 Å². The predicted octanol–water partition coefficient (Wildman–Crippen LogP) is 4.64. The second-order valence-corrected chi connectivity index (χ2v) is 6.33. The molecule has 0 atom stereocenters. The van der Waals surface area contributed by atoms with E-state index in [9.17, 15) is 4.39 Å². The third kappa shape index (κ3) is 4.06. The molecule has 1 aromatic heterocycles. The number of anilines is 2. The van der Waals surface area contributed by atoms with Crippen molar-refractivity contribution in [3.63, 3.8) is 0 Å². The number of halogens is 1. The zero-order chi connectivity index (χ0) is 17.6. The molecule has 0 aliphatic heterocycles. The third-order valence-corrected chi connectivity index (χ3v) is 4.37. The zero-order valence-electron chi connectivity index (χ0n) is 13.8. The average Bonchev–Trinajstić information content (AvgIpc) is 3.03. The van der Waals surface area contributed by atoms with E-state index in [0.717, 1.165) is 18.2 Å². The maximum absolute atomic E-state index is 14.4. The molecule has 5 nitrogen and oxygen atoms in total. The number of nitrogens with zero attached hydrogens (tertiary/aromatic N) is 2. The molecule has 0 spiro atoms. The van der Waals surface area contributed by atoms with E-state index in [1.165, 1.54) is 23.6 Å². The van der Waals surface area contributed by atoms with Crippen LogP contribution in [0.1, 0.15) is 25.3 Å². The van der Waals surface area contributed by atoms with Crippen molar-refractivity contribution in [2.75, 3.05) is 17.8 Å². The van der Waals surface area contributed by atoms with Crippen LogP contribution in [-0.4, -0.2) is 17.8 Å². The summed E-state index contributed by atoms with van der Waals surface area (Å²) in [6, 6.07) is 8.71. The van der Waals surface area contributed by atoms with Gasteiger partial charge in [-0.3, -0.25) is 5.43 Å². The van der Waals surface area contributed by atoms with Gasteiger partial charge in [0.1, 0.15) is 17.4 Å². The molecule has 130 valence electrons. The van der Waals surface area contributed by atoms with Crippen molar-refractivity contribution >= 4 is 39.3 Å². The molecule has 0 saturated carbocycles. The van der Waals surface area contributed by atoms with Gasteiger partial charge >= 0.3 is 0 Å². The van der Waals surface area contributed by atoms with Crippen LogP contribution in [0.25, 0.3) is 10.8 Å². The molecule has 1 heterocycles. The number of aromatic nitrogens is 1. The van der Waals surface area contributed by atoms with E-state index in [4.69, 9.17) is 10.5 Å². The van der Waals surface area contributed by atoms with Crippen molar-refractivity contribution in [3.05, 3.63) is 47.1 Å². The number of benzene rings is 2. The van der Waals surface area contributed by atoms with Crippen LogP contribution in [-0.2, 0) is 0 Å². The number of unbranched alkanes of at least 4 members (excludes halogenated alkanes) is 1. The number of hydrogen-bond acceptors (Lipinski definition) is 6. The van der Waals surface area contributed by atoms with Crippen molar-refractivity contribution in [3.8, 4) is 5.75 Å². The van der Waals surface area contributed by atoms with E-state index in [2.05, 4.69) is 22.4 Å². The Morgan fingerprint density at radius 3 is 2.88 bits per heavy atom. The van der Waals surface area contributed by atoms with Crippen LogP contribution in [0.15, 0.2) is 40.8 Å². The Labute approximate surface area is 149 Å². The Balaban J connectivity index is 1.92. The number of rotatable bonds is 7. The van der Waals surface area contributed by atoms with Gasteiger partial charge in [0.2, 0.25) is 5.13 Å². The number of thiazole rings is 1. The summed E-state index contributed by atoms with van der Waals surface area (Å²) in [6.07, 6.45) is 3.49. The fourth-order valence-corrected chi connectivity index (χ4v) is 2.94. The molecule has 0 saturated heterocycles. The lowest BCUT2D eigenvalue weighted by molar-refractivity contribution is 0.312. The predicted molar refractivity (Wildman–Crippen MR) is 102 cm³/mol. The Morgan fingerprint density at radius 2 is 2.16 bits per heavy atom. The number of ether oxygens (including phenoxy) is 1. The number of nitrogens with one attached hydrogen (secondary N) is 1. The number of fused-ring (bicyclic) bond motifs is 1. The Morgan fingerprint density at radius 1 is 1.36 bits per heavy atom. The number of nitrogen functional groups attached to an aromatic ring is 1. The smallest absolute Gasteiger partial charge is 0.205 e. The van der Waals surface area contributed by atoms with Crippen LogP contribution in [0.4, 0.5) is 15.3 Å². The lowest BCUT2D eigenvalue weighted by Crippen LogP contribution is -2.02. The minimum Gasteiger partial charge on any atom is -0.492 e. The van der Waals surface area contributed by atoms with Gasteiger partial charge in [-0.15, -0.1) is 11.3 Å². The minimum atomic E-state index is -0.307. The van der Waals surface area contributed by atoms with E-state index in [0.29, 0.717) is 34.3 Å². The van der Waals surface area contributed by atoms with Crippen molar-refractivity contribution in [2.45, 2.75) is 19.8 Å². The summed E-state index contributed by atoms with van der Waals surface area (Å²) in [6.45, 7) is 2.67. The average molecular weight is 358 g/mol. The molecule has 0 aliphatic rings. The monoisotopic (exact) mass is 358 g/mol. The second-order valence-electron chi connectivity index (χ2n) is 5.47. The van der Waals surface area contributed by atoms with Gasteiger partial charge in [0, 0.05) is 21.7 Å². The highest BCUT2D eigenvalue weighted by molar-refractivity contribution is 7.14. The fraction of sp³-hybridized carbons (Fsp3) is 0.222. The van der Waals surface area contributed by atoms with Gasteiger partial charge in [-0.25, -0.2) is 9.37 Å². The van der Waals surface area contributed by atoms with E-state index >= 15 is 0 Å². The summed E-state index contributed by atoms with van der Waals surface area (Å²) in [4.78, 5) is 4.06. The van der Waals surface area contributed by atoms with Gasteiger partial charge in [-0.1, -0.05) is 37.6 Å². The molecule has 0 unspecified atom stereocenters. The fourth-order valence-electron chi connectivity index (χ4n) is 2.39. The summed E-state index contributed by atoms with van der Waals surface area (Å²) in [5.74, 6) is 0.760. The number of hydrogen-bond donors (Lipinski definition) is 2. The Hall–Kier alpha value is -2.67. The maximum atomic E-state index is 14.4. The van der Waals surface area contributed by atoms with E-state index < -0.39 is 0 Å². The summed E-state index contributed by atoms with van der Waals surface area (Å²) in [5.41, 5.74) is 8.94. The standard InChI is InChI=1S/C18H19FN4OS/c1-2-3-8-24-17-12(10-21-23-18-22-16(20)11-25-18)9-15(19)13-6-4-5-7-14(13)17/h4-7,9-11H,2-3,8,20H2,1H3,(H,22,23). The van der Waals surface area contributed by atoms with Crippen LogP contribution in [0.2, 0.25) is 0 Å². The van der Waals surface area contributed by atoms with E-state index in [1.54, 1.807) is 11.4 Å². The highest BCUT2D eigenvalue weighted by atomic mass is 32.1. The third-order valence-electron chi connectivity index (χ3n) is 3.60. The largest absolute Gasteiger partial charge is 0.492 e. The quantitative estimate of drug-likeness (QED) is 0.366. The molecule has 3 N–H and O–H groups in total. The Bertz CT molecular complexity index is 894. The van der Waals surface area contributed by atoms with Gasteiger partial charge in [0.15, 0.2) is 0 Å². The molecule has 2 aromatic carbocycles. The maximum Gasteiger partial charge on any atom is 0.205 e. The first-order valence-corrected chi connectivity index (χ1v) is 8.91. The van der Waals surface area contributed by atoms with E-state index in [-0.39, 0.29) is 5.82 Å². The molecule has 0 aliphatic carbocycles. The van der Waals surface area contributed by atoms with E-state index in [1.807, 2.05) is 18.2 Å². The molecule has 0 amide bonds. The molecular weight excluding hydrogens is 339 g/mol. The lowest BCUT2D eigenvalue weighted by Gasteiger charge is -2.13. The SMILES string of the molecule is CCCCOc1c(C=NNc2nc(N)cs2)cc(F)c2ccccc12.